The Kier molecular flexibility index (Phi) is 8.13. The van der Waals surface area contributed by atoms with E-state index in [4.69, 9.17) is 9.57 Å². The molecule has 4 aromatic rings. The lowest BCUT2D eigenvalue weighted by Gasteiger charge is -2.37. The molecule has 1 amide bonds. The molecule has 0 spiro atoms. The molecule has 3 unspecified atom stereocenters. The van der Waals surface area contributed by atoms with Crippen molar-refractivity contribution in [1.82, 2.24) is 19.7 Å². The Morgan fingerprint density at radius 2 is 1.95 bits per heavy atom. The molecule has 10 nitrogen and oxygen atoms in total. The van der Waals surface area contributed by atoms with Crippen molar-refractivity contribution < 1.29 is 24.3 Å². The lowest BCUT2D eigenvalue weighted by molar-refractivity contribution is -0.150. The Morgan fingerprint density at radius 1 is 1.17 bits per heavy atom. The molecule has 1 aliphatic rings. The van der Waals surface area contributed by atoms with Gasteiger partial charge in [0.25, 0.3) is 5.91 Å². The molecule has 1 aliphatic heterocycles. The summed E-state index contributed by atoms with van der Waals surface area (Å²) in [6.07, 6.45) is 6.56. The van der Waals surface area contributed by atoms with Crippen LogP contribution in [0.25, 0.3) is 0 Å². The number of methoxy groups -OCH3 is 1. The van der Waals surface area contributed by atoms with Gasteiger partial charge in [-0.3, -0.25) is 9.48 Å². The Bertz CT molecular complexity index is 1550. The van der Waals surface area contributed by atoms with Gasteiger partial charge in [-0.1, -0.05) is 50.2 Å². The molecule has 1 saturated heterocycles. The van der Waals surface area contributed by atoms with Crippen LogP contribution in [0.2, 0.25) is 0 Å². The van der Waals surface area contributed by atoms with Crippen LogP contribution < -0.4 is 9.57 Å². The van der Waals surface area contributed by atoms with Gasteiger partial charge < -0.3 is 19.6 Å². The number of ether oxygens (including phenoxy) is 1. The van der Waals surface area contributed by atoms with Gasteiger partial charge in [0.2, 0.25) is 0 Å². The SMILES string of the molecule is COc1cc(C(=O)N2C(c3nccs3)C(/C=N/Oc3ccccc3)CC2(Cn2cccn2)C(=O)O)ccc1C(C)(C)C. The predicted molar refractivity (Wildman–Crippen MR) is 159 cm³/mol. The molecule has 11 heteroatoms. The summed E-state index contributed by atoms with van der Waals surface area (Å²) in [5.41, 5.74) is -0.650. The summed E-state index contributed by atoms with van der Waals surface area (Å²) >= 11 is 1.36. The second-order valence-corrected chi connectivity index (χ2v) is 12.1. The van der Waals surface area contributed by atoms with E-state index in [2.05, 4.69) is 36.0 Å². The molecule has 218 valence electrons. The van der Waals surface area contributed by atoms with Crippen molar-refractivity contribution in [2.24, 2.45) is 11.1 Å². The van der Waals surface area contributed by atoms with E-state index >= 15 is 0 Å². The molecule has 0 bridgehead atoms. The number of amides is 1. The van der Waals surface area contributed by atoms with Crippen LogP contribution in [-0.2, 0) is 16.8 Å². The summed E-state index contributed by atoms with van der Waals surface area (Å²) in [4.78, 5) is 39.4. The fraction of sp³-hybridized carbons (Fsp3) is 0.323. The number of hydrogen-bond donors (Lipinski definition) is 1. The highest BCUT2D eigenvalue weighted by molar-refractivity contribution is 7.09. The maximum Gasteiger partial charge on any atom is 0.331 e. The Hall–Kier alpha value is -4.51. The van der Waals surface area contributed by atoms with Crippen LogP contribution >= 0.6 is 11.3 Å². The van der Waals surface area contributed by atoms with Gasteiger partial charge in [-0.25, -0.2) is 9.78 Å². The smallest absolute Gasteiger partial charge is 0.331 e. The highest BCUT2D eigenvalue weighted by atomic mass is 32.1. The minimum absolute atomic E-state index is 0.0654. The number of likely N-dealkylation sites (tertiary alicyclic amines) is 1. The molecular formula is C31H33N5O5S. The number of carboxylic acid groups (broad SMARTS) is 1. The monoisotopic (exact) mass is 587 g/mol. The number of carbonyl (C=O) groups excluding carboxylic acids is 1. The number of carbonyl (C=O) groups is 2. The second kappa shape index (κ2) is 11.8. The maximum atomic E-state index is 14.5. The highest BCUT2D eigenvalue weighted by Crippen LogP contribution is 2.49. The summed E-state index contributed by atoms with van der Waals surface area (Å²) in [5.74, 6) is -1.03. The van der Waals surface area contributed by atoms with E-state index in [9.17, 15) is 14.7 Å². The zero-order chi connectivity index (χ0) is 29.9. The van der Waals surface area contributed by atoms with Gasteiger partial charge in [0.15, 0.2) is 11.3 Å². The number of thiazole rings is 1. The summed E-state index contributed by atoms with van der Waals surface area (Å²) in [6.45, 7) is 6.12. The Morgan fingerprint density at radius 3 is 2.57 bits per heavy atom. The predicted octanol–water partition coefficient (Wildman–Crippen LogP) is 5.44. The lowest BCUT2D eigenvalue weighted by atomic mass is 9.85. The molecule has 2 aromatic heterocycles. The third-order valence-corrected chi connectivity index (χ3v) is 8.28. The number of benzene rings is 2. The summed E-state index contributed by atoms with van der Waals surface area (Å²) < 4.78 is 7.21. The topological polar surface area (TPSA) is 119 Å². The van der Waals surface area contributed by atoms with Crippen molar-refractivity contribution >= 4 is 29.4 Å². The van der Waals surface area contributed by atoms with E-state index in [1.165, 1.54) is 20.9 Å². The fourth-order valence-electron chi connectivity index (χ4n) is 5.48. The van der Waals surface area contributed by atoms with E-state index in [1.807, 2.05) is 29.6 Å². The molecule has 2 aromatic carbocycles. The summed E-state index contributed by atoms with van der Waals surface area (Å²) in [5, 5.41) is 21.8. The third kappa shape index (κ3) is 5.64. The first-order valence-electron chi connectivity index (χ1n) is 13.5. The van der Waals surface area contributed by atoms with E-state index in [0.29, 0.717) is 22.1 Å². The van der Waals surface area contributed by atoms with Gasteiger partial charge in [-0.2, -0.15) is 5.10 Å². The van der Waals surface area contributed by atoms with Crippen LogP contribution in [0.3, 0.4) is 0 Å². The van der Waals surface area contributed by atoms with Crippen molar-refractivity contribution in [1.29, 1.82) is 0 Å². The maximum absolute atomic E-state index is 14.5. The number of aliphatic carboxylic acids is 1. The first kappa shape index (κ1) is 29.0. The number of para-hydroxylation sites is 1. The normalized spacial score (nSPS) is 20.6. The standard InChI is InChI=1S/C31H33N5O5S/c1-30(2,3)24-12-11-21(17-25(24)40-4)28(37)36-26(27-32-14-16-42-27)22(19-34-41-23-9-6-5-7-10-23)18-31(36,29(38)39)20-35-15-8-13-33-35/h5-17,19,22,26H,18,20H2,1-4H3,(H,38,39)/b34-19+. The number of carboxylic acids is 1. The van der Waals surface area contributed by atoms with Crippen molar-refractivity contribution in [3.05, 3.63) is 94.7 Å². The average Bonchev–Trinajstić information content (AvgIpc) is 3.74. The number of oxime groups is 1. The van der Waals surface area contributed by atoms with E-state index in [-0.39, 0.29) is 18.4 Å². The minimum Gasteiger partial charge on any atom is -0.496 e. The van der Waals surface area contributed by atoms with Crippen molar-refractivity contribution in [3.8, 4) is 11.5 Å². The van der Waals surface area contributed by atoms with Gasteiger partial charge in [0.1, 0.15) is 10.8 Å². The van der Waals surface area contributed by atoms with Gasteiger partial charge >= 0.3 is 5.97 Å². The molecule has 0 radical (unpaired) electrons. The van der Waals surface area contributed by atoms with E-state index in [1.54, 1.807) is 62.2 Å². The zero-order valence-corrected chi connectivity index (χ0v) is 24.7. The number of nitrogens with zero attached hydrogens (tertiary/aromatic N) is 5. The summed E-state index contributed by atoms with van der Waals surface area (Å²) in [6, 6.07) is 15.3. The number of rotatable bonds is 9. The third-order valence-electron chi connectivity index (χ3n) is 7.43. The van der Waals surface area contributed by atoms with Gasteiger partial charge in [-0.05, 0) is 47.7 Å². The Labute approximate surface area is 248 Å². The van der Waals surface area contributed by atoms with Crippen LogP contribution in [0.4, 0.5) is 0 Å². The molecule has 3 heterocycles. The molecule has 42 heavy (non-hydrogen) atoms. The van der Waals surface area contributed by atoms with Gasteiger partial charge in [0, 0.05) is 35.5 Å². The quantitative estimate of drug-likeness (QED) is 0.205. The molecule has 0 aliphatic carbocycles. The van der Waals surface area contributed by atoms with Crippen LogP contribution in [0.1, 0.15) is 54.2 Å². The van der Waals surface area contributed by atoms with Crippen molar-refractivity contribution in [3.63, 3.8) is 0 Å². The van der Waals surface area contributed by atoms with Crippen LogP contribution in [0.15, 0.2) is 83.7 Å². The largest absolute Gasteiger partial charge is 0.496 e. The molecular weight excluding hydrogens is 554 g/mol. The summed E-state index contributed by atoms with van der Waals surface area (Å²) in [7, 11) is 1.56. The molecule has 1 fully saturated rings. The van der Waals surface area contributed by atoms with Gasteiger partial charge in [-0.15, -0.1) is 11.3 Å². The average molecular weight is 588 g/mol. The number of hydrogen-bond acceptors (Lipinski definition) is 8. The molecule has 5 rings (SSSR count). The second-order valence-electron chi connectivity index (χ2n) is 11.2. The van der Waals surface area contributed by atoms with Crippen LogP contribution in [0.5, 0.6) is 11.5 Å². The van der Waals surface area contributed by atoms with Crippen LogP contribution in [0, 0.1) is 5.92 Å². The lowest BCUT2D eigenvalue weighted by Crippen LogP contribution is -2.56. The van der Waals surface area contributed by atoms with E-state index in [0.717, 1.165) is 5.56 Å². The van der Waals surface area contributed by atoms with E-state index < -0.39 is 29.4 Å². The molecule has 3 atom stereocenters. The van der Waals surface area contributed by atoms with Gasteiger partial charge in [0.05, 0.1) is 25.9 Å². The molecule has 0 saturated carbocycles. The first-order chi connectivity index (χ1) is 20.1. The Balaban J connectivity index is 1.63. The fourth-order valence-corrected chi connectivity index (χ4v) is 6.28. The number of aromatic nitrogens is 3. The first-order valence-corrected chi connectivity index (χ1v) is 14.4. The molecule has 1 N–H and O–H groups in total. The highest BCUT2D eigenvalue weighted by Gasteiger charge is 2.60. The van der Waals surface area contributed by atoms with Crippen molar-refractivity contribution in [2.75, 3.05) is 7.11 Å². The zero-order valence-electron chi connectivity index (χ0n) is 23.9. The minimum atomic E-state index is -1.67. The van der Waals surface area contributed by atoms with Crippen molar-refractivity contribution in [2.45, 2.75) is 50.7 Å². The van der Waals surface area contributed by atoms with Crippen LogP contribution in [-0.4, -0.2) is 55.5 Å².